The van der Waals surface area contributed by atoms with Crippen LogP contribution in [0.3, 0.4) is 0 Å². The Balaban J connectivity index is 2.05. The standard InChI is InChI=1S/C19H22N3O4/c1-13-6-2-3-8-15(13)18(24)22-11-5-7-14(12-22)17(23)21-16(19(25)26)9-4-10-20/h2-3,5-8,11,16H,1,4,9-10,12,20H2,(H,21,23)(H,25,26). The average molecular weight is 356 g/mol. The minimum atomic E-state index is -1.11. The highest BCUT2D eigenvalue weighted by Crippen LogP contribution is 2.15. The van der Waals surface area contributed by atoms with E-state index in [1.165, 1.54) is 4.90 Å². The van der Waals surface area contributed by atoms with Gasteiger partial charge in [-0.2, -0.15) is 0 Å². The van der Waals surface area contributed by atoms with Gasteiger partial charge in [0.15, 0.2) is 0 Å². The maximum atomic E-state index is 12.6. The molecule has 1 aromatic rings. The molecule has 0 aromatic heterocycles. The molecular formula is C19H22N3O4. The number of hydrogen-bond acceptors (Lipinski definition) is 4. The number of carboxylic acids is 1. The van der Waals surface area contributed by atoms with Crippen LogP contribution in [0.25, 0.3) is 0 Å². The summed E-state index contributed by atoms with van der Waals surface area (Å²) in [5.41, 5.74) is 6.75. The molecule has 0 bridgehead atoms. The van der Waals surface area contributed by atoms with Gasteiger partial charge in [0.1, 0.15) is 6.04 Å². The monoisotopic (exact) mass is 356 g/mol. The van der Waals surface area contributed by atoms with E-state index in [0.29, 0.717) is 29.7 Å². The lowest BCUT2D eigenvalue weighted by molar-refractivity contribution is -0.141. The Morgan fingerprint density at radius 3 is 2.69 bits per heavy atom. The third kappa shape index (κ3) is 4.80. The highest BCUT2D eigenvalue weighted by Gasteiger charge is 2.25. The summed E-state index contributed by atoms with van der Waals surface area (Å²) in [5.74, 6) is -1.90. The van der Waals surface area contributed by atoms with E-state index in [0.717, 1.165) is 0 Å². The van der Waals surface area contributed by atoms with Crippen LogP contribution in [0.5, 0.6) is 0 Å². The van der Waals surface area contributed by atoms with Gasteiger partial charge in [0.05, 0.1) is 6.54 Å². The molecule has 1 aliphatic heterocycles. The van der Waals surface area contributed by atoms with Crippen molar-refractivity contribution in [3.63, 3.8) is 0 Å². The quantitative estimate of drug-likeness (QED) is 0.676. The number of carbonyl (C=O) groups excluding carboxylic acids is 2. The SMILES string of the molecule is [CH2]c1ccccc1C(=O)N1C=CC=C(C(=O)NC(CCCN)C(=O)O)C1. The van der Waals surface area contributed by atoms with Gasteiger partial charge < -0.3 is 21.1 Å². The van der Waals surface area contributed by atoms with Crippen LogP contribution in [-0.2, 0) is 9.59 Å². The van der Waals surface area contributed by atoms with E-state index in [-0.39, 0.29) is 18.9 Å². The summed E-state index contributed by atoms with van der Waals surface area (Å²) in [4.78, 5) is 37.7. The predicted octanol–water partition coefficient (Wildman–Crippen LogP) is 1.07. The largest absolute Gasteiger partial charge is 0.480 e. The second-order valence-corrected chi connectivity index (χ2v) is 5.92. The number of nitrogens with zero attached hydrogens (tertiary/aromatic N) is 1. The third-order valence-corrected chi connectivity index (χ3v) is 4.00. The number of nitrogens with one attached hydrogen (secondary N) is 1. The molecule has 0 fully saturated rings. The molecule has 137 valence electrons. The Labute approximate surface area is 152 Å². The van der Waals surface area contributed by atoms with E-state index < -0.39 is 17.9 Å². The minimum Gasteiger partial charge on any atom is -0.480 e. The Morgan fingerprint density at radius 2 is 2.04 bits per heavy atom. The van der Waals surface area contributed by atoms with Crippen LogP contribution in [0, 0.1) is 6.92 Å². The maximum absolute atomic E-state index is 12.6. The van der Waals surface area contributed by atoms with Crippen molar-refractivity contribution < 1.29 is 19.5 Å². The summed E-state index contributed by atoms with van der Waals surface area (Å²) >= 11 is 0. The number of rotatable bonds is 7. The first-order valence-corrected chi connectivity index (χ1v) is 8.27. The number of amides is 2. The van der Waals surface area contributed by atoms with E-state index in [1.54, 1.807) is 42.6 Å². The Kier molecular flexibility index (Phi) is 6.68. The molecule has 7 nitrogen and oxygen atoms in total. The fourth-order valence-corrected chi connectivity index (χ4v) is 2.55. The number of hydrogen-bond donors (Lipinski definition) is 3. The zero-order chi connectivity index (χ0) is 19.1. The molecule has 2 rings (SSSR count). The summed E-state index contributed by atoms with van der Waals surface area (Å²) in [5, 5.41) is 11.7. The lowest BCUT2D eigenvalue weighted by atomic mass is 10.1. The Hall–Kier alpha value is -2.93. The zero-order valence-electron chi connectivity index (χ0n) is 14.4. The minimum absolute atomic E-state index is 0.0543. The lowest BCUT2D eigenvalue weighted by Gasteiger charge is -2.24. The van der Waals surface area contributed by atoms with Crippen LogP contribution in [0.4, 0.5) is 0 Å². The molecule has 26 heavy (non-hydrogen) atoms. The molecule has 0 aliphatic carbocycles. The predicted molar refractivity (Wildman–Crippen MR) is 97.0 cm³/mol. The van der Waals surface area contributed by atoms with Crippen LogP contribution < -0.4 is 11.1 Å². The number of aliphatic carboxylic acids is 1. The van der Waals surface area contributed by atoms with Crippen LogP contribution >= 0.6 is 0 Å². The summed E-state index contributed by atoms with van der Waals surface area (Å²) in [6.07, 6.45) is 5.46. The molecule has 0 spiro atoms. The number of carboxylic acid groups (broad SMARTS) is 1. The van der Waals surface area contributed by atoms with Crippen molar-refractivity contribution in [1.29, 1.82) is 0 Å². The molecule has 1 radical (unpaired) electrons. The first-order chi connectivity index (χ1) is 12.4. The van der Waals surface area contributed by atoms with E-state index in [4.69, 9.17) is 5.73 Å². The summed E-state index contributed by atoms with van der Waals surface area (Å²) in [6.45, 7) is 4.24. The van der Waals surface area contributed by atoms with Gasteiger partial charge in [0.2, 0.25) is 5.91 Å². The molecule has 1 unspecified atom stereocenters. The highest BCUT2D eigenvalue weighted by molar-refractivity contribution is 6.00. The topological polar surface area (TPSA) is 113 Å². The van der Waals surface area contributed by atoms with Gasteiger partial charge in [-0.1, -0.05) is 24.3 Å². The van der Waals surface area contributed by atoms with E-state index in [2.05, 4.69) is 12.2 Å². The maximum Gasteiger partial charge on any atom is 0.326 e. The number of benzene rings is 1. The summed E-state index contributed by atoms with van der Waals surface area (Å²) < 4.78 is 0. The van der Waals surface area contributed by atoms with Crippen molar-refractivity contribution >= 4 is 17.8 Å². The molecular weight excluding hydrogens is 334 g/mol. The molecule has 0 saturated carbocycles. The van der Waals surface area contributed by atoms with Gasteiger partial charge in [-0.25, -0.2) is 4.79 Å². The molecule has 1 aromatic carbocycles. The molecule has 7 heteroatoms. The first-order valence-electron chi connectivity index (χ1n) is 8.27. The zero-order valence-corrected chi connectivity index (χ0v) is 14.4. The second kappa shape index (κ2) is 8.96. The molecule has 1 aliphatic rings. The molecule has 4 N–H and O–H groups in total. The van der Waals surface area contributed by atoms with Crippen molar-refractivity contribution in [2.24, 2.45) is 5.73 Å². The van der Waals surface area contributed by atoms with Crippen molar-refractivity contribution in [2.45, 2.75) is 18.9 Å². The third-order valence-electron chi connectivity index (χ3n) is 4.00. The van der Waals surface area contributed by atoms with Gasteiger partial charge in [0.25, 0.3) is 5.91 Å². The van der Waals surface area contributed by atoms with Gasteiger partial charge in [-0.05, 0) is 44.0 Å². The van der Waals surface area contributed by atoms with Crippen molar-refractivity contribution in [3.8, 4) is 0 Å². The molecule has 1 atom stereocenters. The first kappa shape index (κ1) is 19.4. The molecule has 2 amide bonds. The average Bonchev–Trinajstić information content (AvgIpc) is 2.64. The van der Waals surface area contributed by atoms with Gasteiger partial charge in [-0.15, -0.1) is 0 Å². The Bertz CT molecular complexity index is 755. The fourth-order valence-electron chi connectivity index (χ4n) is 2.55. The van der Waals surface area contributed by atoms with Gasteiger partial charge in [-0.3, -0.25) is 9.59 Å². The summed E-state index contributed by atoms with van der Waals surface area (Å²) in [6, 6.07) is 5.93. The van der Waals surface area contributed by atoms with E-state index >= 15 is 0 Å². The van der Waals surface area contributed by atoms with Crippen molar-refractivity contribution in [1.82, 2.24) is 10.2 Å². The number of allylic oxidation sites excluding steroid dienone is 2. The number of carbonyl (C=O) groups is 3. The second-order valence-electron chi connectivity index (χ2n) is 5.92. The van der Waals surface area contributed by atoms with Crippen molar-refractivity contribution in [2.75, 3.05) is 13.1 Å². The van der Waals surface area contributed by atoms with Crippen LogP contribution in [-0.4, -0.2) is 46.9 Å². The number of nitrogens with two attached hydrogens (primary N) is 1. The van der Waals surface area contributed by atoms with E-state index in [1.807, 2.05) is 0 Å². The van der Waals surface area contributed by atoms with E-state index in [9.17, 15) is 19.5 Å². The highest BCUT2D eigenvalue weighted by atomic mass is 16.4. The smallest absolute Gasteiger partial charge is 0.326 e. The van der Waals surface area contributed by atoms with Crippen LogP contribution in [0.2, 0.25) is 0 Å². The Morgan fingerprint density at radius 1 is 1.31 bits per heavy atom. The van der Waals surface area contributed by atoms with Gasteiger partial charge in [0, 0.05) is 17.3 Å². The molecule has 1 heterocycles. The molecule has 0 saturated heterocycles. The van der Waals surface area contributed by atoms with Crippen molar-refractivity contribution in [3.05, 3.63) is 66.2 Å². The summed E-state index contributed by atoms with van der Waals surface area (Å²) in [7, 11) is 0. The van der Waals surface area contributed by atoms with Gasteiger partial charge >= 0.3 is 5.97 Å². The normalized spacial score (nSPS) is 14.5. The van der Waals surface area contributed by atoms with Crippen LogP contribution in [0.1, 0.15) is 28.8 Å². The fraction of sp³-hybridized carbons (Fsp3) is 0.263. The van der Waals surface area contributed by atoms with Crippen LogP contribution in [0.15, 0.2) is 48.2 Å². The lowest BCUT2D eigenvalue weighted by Crippen LogP contribution is -2.43.